The lowest BCUT2D eigenvalue weighted by Gasteiger charge is -2.59. The molecule has 258 valence electrons. The summed E-state index contributed by atoms with van der Waals surface area (Å²) in [6.07, 6.45) is 3.62. The van der Waals surface area contributed by atoms with Crippen molar-refractivity contribution in [1.82, 2.24) is 0 Å². The van der Waals surface area contributed by atoms with Gasteiger partial charge >= 0.3 is 0 Å². The van der Waals surface area contributed by atoms with Crippen molar-refractivity contribution in [2.75, 3.05) is 0 Å². The number of fused-ring (bicyclic) bond motifs is 4. The van der Waals surface area contributed by atoms with Crippen LogP contribution < -0.4 is 0 Å². The number of rotatable bonds is 3. The molecule has 0 radical (unpaired) electrons. The molecule has 6 atom stereocenters. The maximum Gasteiger partial charge on any atom is 0.233 e. The van der Waals surface area contributed by atoms with E-state index in [1.807, 2.05) is 41.5 Å². The molecule has 0 bridgehead atoms. The topological polar surface area (TPSA) is 143 Å². The molecule has 0 amide bonds. The van der Waals surface area contributed by atoms with Crippen LogP contribution in [0.2, 0.25) is 0 Å². The molecule has 6 rings (SSSR count). The zero-order valence-electron chi connectivity index (χ0n) is 30.1. The highest BCUT2D eigenvalue weighted by Crippen LogP contribution is 2.66. The Balaban J connectivity index is 1.79. The first kappa shape index (κ1) is 34.4. The van der Waals surface area contributed by atoms with E-state index in [0.717, 1.165) is 0 Å². The minimum absolute atomic E-state index is 0.0181. The molecule has 0 aromatic heterocycles. The molecule has 0 saturated heterocycles. The van der Waals surface area contributed by atoms with Crippen molar-refractivity contribution < 1.29 is 39.0 Å². The molecule has 8 heteroatoms. The summed E-state index contributed by atoms with van der Waals surface area (Å²) in [6, 6.07) is 0. The third-order valence-corrected chi connectivity index (χ3v) is 13.2. The van der Waals surface area contributed by atoms with Crippen molar-refractivity contribution in [3.8, 4) is 0 Å². The van der Waals surface area contributed by atoms with Crippen LogP contribution in [-0.4, -0.2) is 44.9 Å². The highest BCUT2D eigenvalue weighted by molar-refractivity contribution is 6.52. The van der Waals surface area contributed by atoms with Gasteiger partial charge in [0.15, 0.2) is 0 Å². The SMILES string of the molecule is CC(C)C1=C(O)C2=C(C(=O)C1=O)C1(C)CCCC(C)(C)C1C(=O)C2C1C(=O)C2C(C)(C)CCCC2(C)C2=C1C(O)=C(C(C)C)C(=O)C2=O. The Bertz CT molecular complexity index is 1630. The van der Waals surface area contributed by atoms with E-state index in [9.17, 15) is 29.4 Å². The predicted molar refractivity (Wildman–Crippen MR) is 179 cm³/mol. The van der Waals surface area contributed by atoms with E-state index >= 15 is 9.59 Å². The number of hydrogen-bond donors (Lipinski definition) is 2. The van der Waals surface area contributed by atoms with Gasteiger partial charge in [0.05, 0.1) is 11.8 Å². The molecule has 2 N–H and O–H groups in total. The molecule has 8 nitrogen and oxygen atoms in total. The van der Waals surface area contributed by atoms with E-state index in [1.165, 1.54) is 0 Å². The van der Waals surface area contributed by atoms with E-state index in [2.05, 4.69) is 0 Å². The summed E-state index contributed by atoms with van der Waals surface area (Å²) in [5.41, 5.74) is -3.52. The summed E-state index contributed by atoms with van der Waals surface area (Å²) in [5, 5.41) is 24.2. The second-order valence-corrected chi connectivity index (χ2v) is 17.9. The molecule has 0 spiro atoms. The maximum atomic E-state index is 15.4. The van der Waals surface area contributed by atoms with Crippen molar-refractivity contribution >= 4 is 34.7 Å². The van der Waals surface area contributed by atoms with Crippen LogP contribution in [-0.2, 0) is 28.8 Å². The van der Waals surface area contributed by atoms with Gasteiger partial charge in [-0.2, -0.15) is 0 Å². The lowest BCUT2D eigenvalue weighted by molar-refractivity contribution is -0.152. The Labute approximate surface area is 283 Å². The van der Waals surface area contributed by atoms with Crippen molar-refractivity contribution in [3.05, 3.63) is 45.0 Å². The molecular weight excluding hydrogens is 608 g/mol. The fourth-order valence-electron chi connectivity index (χ4n) is 11.6. The van der Waals surface area contributed by atoms with Crippen molar-refractivity contribution in [3.63, 3.8) is 0 Å². The van der Waals surface area contributed by atoms with Crippen LogP contribution in [0.15, 0.2) is 45.0 Å². The highest BCUT2D eigenvalue weighted by Gasteiger charge is 2.68. The summed E-state index contributed by atoms with van der Waals surface area (Å²) in [5.74, 6) is -10.3. The fourth-order valence-corrected chi connectivity index (χ4v) is 11.6. The molecule has 6 aliphatic carbocycles. The number of Topliss-reactive ketones (excluding diaryl/α,β-unsaturated/α-hetero) is 6. The normalized spacial score (nSPS) is 36.6. The van der Waals surface area contributed by atoms with Gasteiger partial charge in [-0.1, -0.05) is 82.1 Å². The van der Waals surface area contributed by atoms with Gasteiger partial charge in [0.25, 0.3) is 0 Å². The zero-order valence-corrected chi connectivity index (χ0v) is 30.1. The molecular formula is C40H50O8. The second-order valence-electron chi connectivity index (χ2n) is 17.9. The minimum atomic E-state index is -1.45. The van der Waals surface area contributed by atoms with E-state index in [0.29, 0.717) is 38.5 Å². The van der Waals surface area contributed by atoms with Crippen molar-refractivity contribution in [2.45, 2.75) is 108 Å². The first-order valence-corrected chi connectivity index (χ1v) is 17.7. The van der Waals surface area contributed by atoms with Crippen LogP contribution in [0.4, 0.5) is 0 Å². The van der Waals surface area contributed by atoms with Crippen LogP contribution >= 0.6 is 0 Å². The van der Waals surface area contributed by atoms with Crippen LogP contribution in [0.25, 0.3) is 0 Å². The summed E-state index contributed by atoms with van der Waals surface area (Å²) in [6.45, 7) is 18.3. The monoisotopic (exact) mass is 658 g/mol. The quantitative estimate of drug-likeness (QED) is 0.247. The highest BCUT2D eigenvalue weighted by atomic mass is 16.3. The number of allylic oxidation sites excluding steroid dienone is 6. The van der Waals surface area contributed by atoms with Crippen LogP contribution in [0.5, 0.6) is 0 Å². The lowest BCUT2D eigenvalue weighted by atomic mass is 9.42. The number of ketones is 6. The molecule has 6 unspecified atom stereocenters. The first-order chi connectivity index (χ1) is 22.1. The first-order valence-electron chi connectivity index (χ1n) is 17.7. The zero-order chi connectivity index (χ0) is 35.8. The molecule has 2 fully saturated rings. The second kappa shape index (κ2) is 10.5. The van der Waals surface area contributed by atoms with Gasteiger partial charge in [-0.05, 0) is 48.3 Å². The summed E-state index contributed by atoms with van der Waals surface area (Å²) in [7, 11) is 0. The van der Waals surface area contributed by atoms with Gasteiger partial charge < -0.3 is 10.2 Å². The summed E-state index contributed by atoms with van der Waals surface area (Å²) in [4.78, 5) is 87.1. The molecule has 6 aliphatic rings. The maximum absolute atomic E-state index is 15.4. The summed E-state index contributed by atoms with van der Waals surface area (Å²) >= 11 is 0. The number of aliphatic hydroxyl groups is 2. The standard InChI is InChI=1S/C40H50O8/c1-17(2)19-27(41)23-21(31(45)35-37(5,6)13-11-15-39(35,9)25(23)33(47)29(19)43)22-24-26(34(48)30(44)20(18(3)4)28(24)42)40(10)16-12-14-38(7,8)36(40)32(22)46/h17-18,21-22,35-36,41-42H,11-16H2,1-10H3. The van der Waals surface area contributed by atoms with Gasteiger partial charge in [0.2, 0.25) is 23.1 Å². The largest absolute Gasteiger partial charge is 0.507 e. The molecule has 0 aromatic rings. The lowest BCUT2D eigenvalue weighted by Crippen LogP contribution is -2.61. The molecule has 0 heterocycles. The number of carbonyl (C=O) groups excluding carboxylic acids is 6. The van der Waals surface area contributed by atoms with Gasteiger partial charge in [-0.25, -0.2) is 0 Å². The average Bonchev–Trinajstić information content (AvgIpc) is 2.93. The van der Waals surface area contributed by atoms with E-state index < -0.39 is 91.8 Å². The van der Waals surface area contributed by atoms with Crippen LogP contribution in [0, 0.1) is 57.2 Å². The fraction of sp³-hybridized carbons (Fsp3) is 0.650. The van der Waals surface area contributed by atoms with Crippen molar-refractivity contribution in [1.29, 1.82) is 0 Å². The number of hydrogen-bond acceptors (Lipinski definition) is 8. The minimum Gasteiger partial charge on any atom is -0.507 e. The van der Waals surface area contributed by atoms with Gasteiger partial charge in [-0.3, -0.25) is 28.8 Å². The number of aliphatic hydroxyl groups excluding tert-OH is 2. The Morgan fingerprint density at radius 2 is 0.833 bits per heavy atom. The Kier molecular flexibility index (Phi) is 7.56. The van der Waals surface area contributed by atoms with Gasteiger partial charge in [0, 0.05) is 56.1 Å². The third kappa shape index (κ3) is 4.19. The van der Waals surface area contributed by atoms with E-state index in [1.54, 1.807) is 27.7 Å². The summed E-state index contributed by atoms with van der Waals surface area (Å²) < 4.78 is 0. The molecule has 48 heavy (non-hydrogen) atoms. The van der Waals surface area contributed by atoms with E-state index in [4.69, 9.17) is 0 Å². The van der Waals surface area contributed by atoms with Crippen LogP contribution in [0.1, 0.15) is 108 Å². The molecule has 0 aromatic carbocycles. The number of carbonyl (C=O) groups is 6. The Morgan fingerprint density at radius 3 is 1.12 bits per heavy atom. The smallest absolute Gasteiger partial charge is 0.233 e. The van der Waals surface area contributed by atoms with Gasteiger partial charge in [0.1, 0.15) is 23.1 Å². The van der Waals surface area contributed by atoms with E-state index in [-0.39, 0.29) is 45.0 Å². The van der Waals surface area contributed by atoms with Crippen molar-refractivity contribution in [2.24, 2.45) is 57.2 Å². The predicted octanol–water partition coefficient (Wildman–Crippen LogP) is 6.88. The third-order valence-electron chi connectivity index (χ3n) is 13.2. The Morgan fingerprint density at radius 1 is 0.521 bits per heavy atom. The molecule has 2 saturated carbocycles. The van der Waals surface area contributed by atoms with Gasteiger partial charge in [-0.15, -0.1) is 0 Å². The molecule has 0 aliphatic heterocycles. The Hall–Kier alpha value is -3.42. The average molecular weight is 659 g/mol. The van der Waals surface area contributed by atoms with Crippen LogP contribution in [0.3, 0.4) is 0 Å².